The van der Waals surface area contributed by atoms with E-state index in [1.54, 1.807) is 24.3 Å². The van der Waals surface area contributed by atoms with Crippen LogP contribution in [-0.4, -0.2) is 75.0 Å². The average Bonchev–Trinajstić information content (AvgIpc) is 2.57. The molecule has 0 bridgehead atoms. The highest BCUT2D eigenvalue weighted by atomic mass is 32.2. The van der Waals surface area contributed by atoms with Gasteiger partial charge < -0.3 is 30.9 Å². The number of hydrogen-bond acceptors (Lipinski definition) is 8. The number of anilines is 1. The van der Waals surface area contributed by atoms with E-state index in [1.165, 1.54) is 23.5 Å². The first kappa shape index (κ1) is 20.4. The highest BCUT2D eigenvalue weighted by Crippen LogP contribution is 2.21. The Balaban J connectivity index is 2.43. The molecule has 6 N–H and O–H groups in total. The Morgan fingerprint density at radius 2 is 1.57 bits per heavy atom. The summed E-state index contributed by atoms with van der Waals surface area (Å²) in [4.78, 5) is 0. The fraction of sp³-hybridized carbons (Fsp3) is 0.600. The van der Waals surface area contributed by atoms with E-state index < -0.39 is 12.2 Å². The van der Waals surface area contributed by atoms with Crippen molar-refractivity contribution >= 4 is 29.2 Å². The van der Waals surface area contributed by atoms with E-state index >= 15 is 0 Å². The molecule has 1 aromatic rings. The van der Waals surface area contributed by atoms with E-state index in [4.69, 9.17) is 20.7 Å². The number of nitrogen functional groups attached to an aromatic ring is 1. The molecular weight excluding hydrogens is 338 g/mol. The third-order valence-electron chi connectivity index (χ3n) is 2.88. The maximum absolute atomic E-state index is 9.47. The Morgan fingerprint density at radius 1 is 0.957 bits per heavy atom. The van der Waals surface area contributed by atoms with Crippen LogP contribution in [0.1, 0.15) is 0 Å². The summed E-state index contributed by atoms with van der Waals surface area (Å²) in [5, 5.41) is 36.6. The molecule has 0 spiro atoms. The first-order valence-electron chi connectivity index (χ1n) is 7.30. The van der Waals surface area contributed by atoms with Crippen molar-refractivity contribution in [1.29, 1.82) is 0 Å². The van der Waals surface area contributed by atoms with Gasteiger partial charge in [-0.3, -0.25) is 0 Å². The van der Waals surface area contributed by atoms with E-state index in [2.05, 4.69) is 0 Å². The molecule has 132 valence electrons. The molecule has 3 atom stereocenters. The number of aliphatic hydroxyl groups is 4. The second-order valence-corrected chi connectivity index (χ2v) is 7.45. The molecule has 0 radical (unpaired) electrons. The number of rotatable bonds is 12. The lowest BCUT2D eigenvalue weighted by molar-refractivity contribution is 0.113. The maximum Gasteiger partial charge on any atom is 0.119 e. The van der Waals surface area contributed by atoms with Crippen LogP contribution in [0.2, 0.25) is 0 Å². The smallest absolute Gasteiger partial charge is 0.119 e. The SMILES string of the molecule is Nc1ccc(OCC(CSCC(O)CO)SCC(O)CO)cc1. The zero-order valence-electron chi connectivity index (χ0n) is 12.9. The van der Waals surface area contributed by atoms with Gasteiger partial charge in [-0.25, -0.2) is 0 Å². The van der Waals surface area contributed by atoms with Gasteiger partial charge in [0.1, 0.15) is 12.4 Å². The molecule has 0 amide bonds. The van der Waals surface area contributed by atoms with Crippen molar-refractivity contribution in [2.24, 2.45) is 0 Å². The third kappa shape index (κ3) is 9.29. The molecule has 0 aliphatic rings. The highest BCUT2D eigenvalue weighted by Gasteiger charge is 2.14. The summed E-state index contributed by atoms with van der Waals surface area (Å²) in [5.41, 5.74) is 6.30. The Labute approximate surface area is 145 Å². The second kappa shape index (κ2) is 11.8. The number of benzene rings is 1. The van der Waals surface area contributed by atoms with E-state index in [1.807, 2.05) is 0 Å². The summed E-state index contributed by atoms with van der Waals surface area (Å²) in [5.74, 6) is 2.27. The monoisotopic (exact) mass is 363 g/mol. The third-order valence-corrected chi connectivity index (χ3v) is 5.70. The van der Waals surface area contributed by atoms with Gasteiger partial charge in [0, 0.05) is 28.2 Å². The van der Waals surface area contributed by atoms with Gasteiger partial charge in [0.2, 0.25) is 0 Å². The number of nitrogens with two attached hydrogens (primary N) is 1. The summed E-state index contributed by atoms with van der Waals surface area (Å²) in [6.07, 6.45) is -1.49. The second-order valence-electron chi connectivity index (χ2n) is 5.05. The van der Waals surface area contributed by atoms with E-state index in [9.17, 15) is 10.2 Å². The molecule has 3 unspecified atom stereocenters. The van der Waals surface area contributed by atoms with Gasteiger partial charge in [-0.15, -0.1) is 0 Å². The highest BCUT2D eigenvalue weighted by molar-refractivity contribution is 8.03. The van der Waals surface area contributed by atoms with Gasteiger partial charge in [-0.2, -0.15) is 23.5 Å². The standard InChI is InChI=1S/C15H25NO5S2/c16-11-1-3-14(4-2-11)21-7-15(23-9-13(20)6-18)10-22-8-12(19)5-17/h1-4,12-13,15,17-20H,5-10,16H2. The fourth-order valence-corrected chi connectivity index (χ4v) is 3.90. The lowest BCUT2D eigenvalue weighted by Gasteiger charge is -2.19. The lowest BCUT2D eigenvalue weighted by atomic mass is 10.3. The van der Waals surface area contributed by atoms with Crippen LogP contribution >= 0.6 is 23.5 Å². The number of aliphatic hydroxyl groups excluding tert-OH is 4. The molecule has 0 heterocycles. The van der Waals surface area contributed by atoms with Crippen LogP contribution in [0.4, 0.5) is 5.69 Å². The van der Waals surface area contributed by atoms with Crippen molar-refractivity contribution in [3.05, 3.63) is 24.3 Å². The van der Waals surface area contributed by atoms with Gasteiger partial charge in [-0.1, -0.05) is 0 Å². The number of thioether (sulfide) groups is 2. The zero-order chi connectivity index (χ0) is 17.1. The fourth-order valence-electron chi connectivity index (χ4n) is 1.59. The normalized spacial score (nSPS) is 15.1. The van der Waals surface area contributed by atoms with Crippen molar-refractivity contribution in [3.63, 3.8) is 0 Å². The quantitative estimate of drug-likeness (QED) is 0.334. The average molecular weight is 364 g/mol. The first-order valence-corrected chi connectivity index (χ1v) is 9.51. The van der Waals surface area contributed by atoms with Crippen LogP contribution in [0, 0.1) is 0 Å². The lowest BCUT2D eigenvalue weighted by Crippen LogP contribution is -2.24. The zero-order valence-corrected chi connectivity index (χ0v) is 14.5. The van der Waals surface area contributed by atoms with Gasteiger partial charge in [-0.05, 0) is 24.3 Å². The minimum Gasteiger partial charge on any atom is -0.492 e. The first-order chi connectivity index (χ1) is 11.0. The van der Waals surface area contributed by atoms with Crippen LogP contribution < -0.4 is 10.5 Å². The summed E-state index contributed by atoms with van der Waals surface area (Å²) >= 11 is 3.03. The molecule has 0 saturated heterocycles. The van der Waals surface area contributed by atoms with Crippen LogP contribution in [-0.2, 0) is 0 Å². The summed E-state index contributed by atoms with van der Waals surface area (Å²) in [6, 6.07) is 7.11. The molecule has 0 aliphatic heterocycles. The summed E-state index contributed by atoms with van der Waals surface area (Å²) in [6.45, 7) is -0.0835. The molecule has 1 rings (SSSR count). The van der Waals surface area contributed by atoms with E-state index in [0.717, 1.165) is 0 Å². The molecule has 0 aromatic heterocycles. The van der Waals surface area contributed by atoms with Crippen molar-refractivity contribution in [3.8, 4) is 5.75 Å². The predicted molar refractivity (Wildman–Crippen MR) is 96.1 cm³/mol. The van der Waals surface area contributed by atoms with Crippen LogP contribution in [0.15, 0.2) is 24.3 Å². The maximum atomic E-state index is 9.47. The molecule has 1 aromatic carbocycles. The molecule has 0 saturated carbocycles. The largest absolute Gasteiger partial charge is 0.492 e. The van der Waals surface area contributed by atoms with Crippen molar-refractivity contribution in [1.82, 2.24) is 0 Å². The number of hydrogen-bond donors (Lipinski definition) is 5. The topological polar surface area (TPSA) is 116 Å². The molecule has 6 nitrogen and oxygen atoms in total. The molecule has 0 fully saturated rings. The summed E-state index contributed by atoms with van der Waals surface area (Å²) < 4.78 is 5.73. The Bertz CT molecular complexity index is 421. The van der Waals surface area contributed by atoms with E-state index in [0.29, 0.717) is 35.3 Å². The van der Waals surface area contributed by atoms with E-state index in [-0.39, 0.29) is 18.5 Å². The minimum absolute atomic E-state index is 0.0876. The number of ether oxygens (including phenoxy) is 1. The van der Waals surface area contributed by atoms with Crippen LogP contribution in [0.25, 0.3) is 0 Å². The van der Waals surface area contributed by atoms with Crippen LogP contribution in [0.3, 0.4) is 0 Å². The van der Waals surface area contributed by atoms with Crippen LogP contribution in [0.5, 0.6) is 5.75 Å². The van der Waals surface area contributed by atoms with Gasteiger partial charge in [0.15, 0.2) is 0 Å². The molecule has 0 aliphatic carbocycles. The molecular formula is C15H25NO5S2. The van der Waals surface area contributed by atoms with Gasteiger partial charge in [0.25, 0.3) is 0 Å². The Kier molecular flexibility index (Phi) is 10.5. The van der Waals surface area contributed by atoms with Gasteiger partial charge >= 0.3 is 0 Å². The van der Waals surface area contributed by atoms with Crippen molar-refractivity contribution in [2.75, 3.05) is 42.8 Å². The van der Waals surface area contributed by atoms with Gasteiger partial charge in [0.05, 0.1) is 25.4 Å². The molecule has 23 heavy (non-hydrogen) atoms. The predicted octanol–water partition coefficient (Wildman–Crippen LogP) is 0.189. The van der Waals surface area contributed by atoms with Crippen molar-refractivity contribution < 1.29 is 25.2 Å². The summed E-state index contributed by atoms with van der Waals surface area (Å²) in [7, 11) is 0. The minimum atomic E-state index is -0.757. The molecule has 8 heteroatoms. The Hall–Kier alpha value is -0.640. The Morgan fingerprint density at radius 3 is 2.17 bits per heavy atom. The van der Waals surface area contributed by atoms with Crippen molar-refractivity contribution in [2.45, 2.75) is 17.5 Å².